The maximum atomic E-state index is 9.60. The molecular formula is C13H15IN2OS. The molecule has 1 aliphatic carbocycles. The van der Waals surface area contributed by atoms with Crippen molar-refractivity contribution in [3.63, 3.8) is 0 Å². The third kappa shape index (κ3) is 2.23. The van der Waals surface area contributed by atoms with E-state index in [0.29, 0.717) is 6.04 Å². The summed E-state index contributed by atoms with van der Waals surface area (Å²) in [5, 5.41) is 9.60. The highest BCUT2D eigenvalue weighted by Crippen LogP contribution is 2.31. The van der Waals surface area contributed by atoms with Crippen molar-refractivity contribution < 1.29 is 5.11 Å². The van der Waals surface area contributed by atoms with Crippen LogP contribution in [0.4, 0.5) is 0 Å². The van der Waals surface area contributed by atoms with Crippen LogP contribution in [-0.2, 0) is 0 Å². The van der Waals surface area contributed by atoms with Crippen LogP contribution in [0.5, 0.6) is 0 Å². The lowest BCUT2D eigenvalue weighted by Crippen LogP contribution is -2.21. The summed E-state index contributed by atoms with van der Waals surface area (Å²) in [6.07, 6.45) is 3.65. The van der Waals surface area contributed by atoms with Crippen LogP contribution in [0.1, 0.15) is 31.7 Å². The van der Waals surface area contributed by atoms with Crippen LogP contribution in [0.15, 0.2) is 18.2 Å². The number of aliphatic hydroxyl groups is 1. The molecule has 0 saturated heterocycles. The van der Waals surface area contributed by atoms with Gasteiger partial charge in [-0.15, -0.1) is 0 Å². The first-order valence-electron chi connectivity index (χ1n) is 6.23. The number of aromatic nitrogens is 2. The van der Waals surface area contributed by atoms with E-state index in [0.717, 1.165) is 36.0 Å². The minimum Gasteiger partial charge on any atom is -0.393 e. The molecule has 2 aromatic rings. The van der Waals surface area contributed by atoms with Gasteiger partial charge in [0.1, 0.15) is 0 Å². The standard InChI is InChI=1S/C13H15IN2OS/c14-8-1-6-12-11(7-8)15-13(18)16(12)9-2-4-10(17)5-3-9/h1,6-7,9-10,17H,2-5H2,(H,15,18). The molecule has 1 fully saturated rings. The molecule has 5 heteroatoms. The molecule has 2 N–H and O–H groups in total. The number of H-pyrrole nitrogens is 1. The van der Waals surface area contributed by atoms with Gasteiger partial charge in [0.25, 0.3) is 0 Å². The minimum absolute atomic E-state index is 0.124. The molecule has 1 aromatic carbocycles. The fourth-order valence-electron chi connectivity index (χ4n) is 2.78. The monoisotopic (exact) mass is 374 g/mol. The molecule has 3 rings (SSSR count). The maximum absolute atomic E-state index is 9.60. The Morgan fingerprint density at radius 1 is 1.28 bits per heavy atom. The Balaban J connectivity index is 2.06. The number of fused-ring (bicyclic) bond motifs is 1. The third-order valence-electron chi connectivity index (χ3n) is 3.71. The maximum Gasteiger partial charge on any atom is 0.178 e. The Bertz CT molecular complexity index is 625. The molecule has 1 aromatic heterocycles. The molecule has 1 heterocycles. The van der Waals surface area contributed by atoms with Crippen molar-refractivity contribution in [1.82, 2.24) is 9.55 Å². The van der Waals surface area contributed by atoms with Crippen molar-refractivity contribution in [3.8, 4) is 0 Å². The first-order valence-corrected chi connectivity index (χ1v) is 7.71. The van der Waals surface area contributed by atoms with E-state index in [9.17, 15) is 5.11 Å². The minimum atomic E-state index is -0.124. The van der Waals surface area contributed by atoms with E-state index in [1.807, 2.05) is 0 Å². The number of hydrogen-bond acceptors (Lipinski definition) is 2. The summed E-state index contributed by atoms with van der Waals surface area (Å²) in [7, 11) is 0. The van der Waals surface area contributed by atoms with Gasteiger partial charge in [-0.1, -0.05) is 0 Å². The lowest BCUT2D eigenvalue weighted by Gasteiger charge is -2.26. The molecule has 0 spiro atoms. The van der Waals surface area contributed by atoms with Crippen LogP contribution < -0.4 is 0 Å². The number of nitrogens with one attached hydrogen (secondary N) is 1. The van der Waals surface area contributed by atoms with Gasteiger partial charge in [-0.05, 0) is 78.7 Å². The Morgan fingerprint density at radius 2 is 2.00 bits per heavy atom. The number of benzene rings is 1. The highest BCUT2D eigenvalue weighted by Gasteiger charge is 2.22. The predicted octanol–water partition coefficient (Wildman–Crippen LogP) is 3.78. The zero-order valence-corrected chi connectivity index (χ0v) is 12.9. The molecule has 96 valence electrons. The molecule has 3 nitrogen and oxygen atoms in total. The molecule has 0 radical (unpaired) electrons. The zero-order chi connectivity index (χ0) is 12.7. The van der Waals surface area contributed by atoms with Gasteiger partial charge in [-0.25, -0.2) is 0 Å². The van der Waals surface area contributed by atoms with Gasteiger partial charge in [-0.3, -0.25) is 0 Å². The van der Waals surface area contributed by atoms with Gasteiger partial charge in [0.15, 0.2) is 4.77 Å². The van der Waals surface area contributed by atoms with E-state index in [1.54, 1.807) is 0 Å². The molecule has 1 saturated carbocycles. The van der Waals surface area contributed by atoms with Crippen LogP contribution in [0.3, 0.4) is 0 Å². The number of hydrogen-bond donors (Lipinski definition) is 2. The molecular weight excluding hydrogens is 359 g/mol. The summed E-state index contributed by atoms with van der Waals surface area (Å²) in [5.41, 5.74) is 2.29. The molecule has 0 amide bonds. The van der Waals surface area contributed by atoms with Gasteiger partial charge < -0.3 is 14.7 Å². The quantitative estimate of drug-likeness (QED) is 0.589. The van der Waals surface area contributed by atoms with Gasteiger partial charge in [-0.2, -0.15) is 0 Å². The molecule has 0 unspecified atom stereocenters. The number of aromatic amines is 1. The van der Waals surface area contributed by atoms with Crippen LogP contribution in [0.25, 0.3) is 11.0 Å². The SMILES string of the molecule is OC1CCC(n2c(=S)[nH]c3cc(I)ccc32)CC1. The second kappa shape index (κ2) is 4.94. The number of nitrogens with zero attached hydrogens (tertiary/aromatic N) is 1. The summed E-state index contributed by atoms with van der Waals surface area (Å²) < 4.78 is 4.24. The number of halogens is 1. The van der Waals surface area contributed by atoms with Crippen LogP contribution in [-0.4, -0.2) is 20.8 Å². The highest BCUT2D eigenvalue weighted by molar-refractivity contribution is 14.1. The van der Waals surface area contributed by atoms with Crippen LogP contribution >= 0.6 is 34.8 Å². The van der Waals surface area contributed by atoms with E-state index in [2.05, 4.69) is 50.3 Å². The van der Waals surface area contributed by atoms with Crippen molar-refractivity contribution >= 4 is 45.8 Å². The Kier molecular flexibility index (Phi) is 3.46. The number of imidazole rings is 1. The van der Waals surface area contributed by atoms with E-state index in [1.165, 1.54) is 9.09 Å². The molecule has 18 heavy (non-hydrogen) atoms. The average Bonchev–Trinajstić information content (AvgIpc) is 2.65. The molecule has 0 bridgehead atoms. The summed E-state index contributed by atoms with van der Waals surface area (Å²) >= 11 is 7.76. The zero-order valence-electron chi connectivity index (χ0n) is 9.90. The fourth-order valence-corrected chi connectivity index (χ4v) is 3.63. The summed E-state index contributed by atoms with van der Waals surface area (Å²) in [6, 6.07) is 6.79. The molecule has 1 aliphatic rings. The average molecular weight is 374 g/mol. The Labute approximate surface area is 124 Å². The summed E-state index contributed by atoms with van der Waals surface area (Å²) in [6.45, 7) is 0. The molecule has 0 atom stereocenters. The fraction of sp³-hybridized carbons (Fsp3) is 0.462. The second-order valence-corrected chi connectivity index (χ2v) is 6.56. The Hall–Kier alpha value is -0.400. The Morgan fingerprint density at radius 3 is 2.72 bits per heavy atom. The van der Waals surface area contributed by atoms with Gasteiger partial charge in [0, 0.05) is 9.61 Å². The van der Waals surface area contributed by atoms with E-state index in [4.69, 9.17) is 12.2 Å². The van der Waals surface area contributed by atoms with Crippen molar-refractivity contribution in [2.75, 3.05) is 0 Å². The van der Waals surface area contributed by atoms with Crippen molar-refractivity contribution in [2.24, 2.45) is 0 Å². The smallest absolute Gasteiger partial charge is 0.178 e. The predicted molar refractivity (Wildman–Crippen MR) is 83.4 cm³/mol. The summed E-state index contributed by atoms with van der Waals surface area (Å²) in [5.74, 6) is 0. The van der Waals surface area contributed by atoms with Crippen molar-refractivity contribution in [1.29, 1.82) is 0 Å². The van der Waals surface area contributed by atoms with E-state index < -0.39 is 0 Å². The van der Waals surface area contributed by atoms with Crippen LogP contribution in [0.2, 0.25) is 0 Å². The summed E-state index contributed by atoms with van der Waals surface area (Å²) in [4.78, 5) is 3.29. The highest BCUT2D eigenvalue weighted by atomic mass is 127. The first-order chi connectivity index (χ1) is 8.65. The first kappa shape index (κ1) is 12.6. The topological polar surface area (TPSA) is 41.0 Å². The van der Waals surface area contributed by atoms with Crippen LogP contribution in [0, 0.1) is 8.34 Å². The van der Waals surface area contributed by atoms with Crippen molar-refractivity contribution in [2.45, 2.75) is 37.8 Å². The van der Waals surface area contributed by atoms with Crippen molar-refractivity contribution in [3.05, 3.63) is 26.5 Å². The normalized spacial score (nSPS) is 24.6. The lowest BCUT2D eigenvalue weighted by molar-refractivity contribution is 0.111. The lowest BCUT2D eigenvalue weighted by atomic mass is 9.93. The number of aliphatic hydroxyl groups excluding tert-OH is 1. The van der Waals surface area contributed by atoms with Gasteiger partial charge in [0.2, 0.25) is 0 Å². The third-order valence-corrected chi connectivity index (χ3v) is 4.68. The van der Waals surface area contributed by atoms with E-state index >= 15 is 0 Å². The van der Waals surface area contributed by atoms with E-state index in [-0.39, 0.29) is 6.10 Å². The largest absolute Gasteiger partial charge is 0.393 e. The van der Waals surface area contributed by atoms with Gasteiger partial charge >= 0.3 is 0 Å². The number of rotatable bonds is 1. The van der Waals surface area contributed by atoms with Gasteiger partial charge in [0.05, 0.1) is 17.1 Å². The second-order valence-electron chi connectivity index (χ2n) is 4.92. The molecule has 0 aliphatic heterocycles.